The van der Waals surface area contributed by atoms with Gasteiger partial charge in [0.25, 0.3) is 0 Å². The third kappa shape index (κ3) is 1680. The number of rotatable bonds is 0. The SMILES string of the molecule is C#CC.CC.CC.CCC. The summed E-state index contributed by atoms with van der Waals surface area (Å²) in [6.45, 7) is 13.9. The second-order valence-corrected chi connectivity index (χ2v) is 0.996. The number of terminal acetylenes is 1. The fourth-order valence-corrected chi connectivity index (χ4v) is 0. The summed E-state index contributed by atoms with van der Waals surface area (Å²) < 4.78 is 0. The van der Waals surface area contributed by atoms with Crippen LogP contribution in [0.5, 0.6) is 0 Å². The van der Waals surface area contributed by atoms with Crippen molar-refractivity contribution in [3.05, 3.63) is 0 Å². The van der Waals surface area contributed by atoms with Crippen LogP contribution in [0.4, 0.5) is 0 Å². The molecule has 0 radical (unpaired) electrons. The van der Waals surface area contributed by atoms with Gasteiger partial charge in [0, 0.05) is 0 Å². The lowest BCUT2D eigenvalue weighted by molar-refractivity contribution is 1.09. The predicted octanol–water partition coefficient (Wildman–Crippen LogP) is 4.11. The molecule has 0 saturated heterocycles. The van der Waals surface area contributed by atoms with Gasteiger partial charge in [-0.3, -0.25) is 0 Å². The summed E-state index contributed by atoms with van der Waals surface area (Å²) in [4.78, 5) is 0. The molecular formula is C10H24. The molecule has 0 N–H and O–H groups in total. The first kappa shape index (κ1) is 22.7. The molecule has 0 aliphatic rings. The van der Waals surface area contributed by atoms with E-state index in [1.165, 1.54) is 6.42 Å². The Balaban J connectivity index is -0.0000000246. The van der Waals surface area contributed by atoms with Crippen LogP contribution in [0.3, 0.4) is 0 Å². The van der Waals surface area contributed by atoms with E-state index in [1.807, 2.05) is 27.7 Å². The van der Waals surface area contributed by atoms with Gasteiger partial charge in [-0.15, -0.1) is 12.3 Å². The fourth-order valence-electron chi connectivity index (χ4n) is 0. The molecule has 0 atom stereocenters. The molecule has 0 spiro atoms. The minimum absolute atomic E-state index is 1.25. The zero-order valence-corrected chi connectivity index (χ0v) is 8.78. The van der Waals surface area contributed by atoms with Crippen LogP contribution in [0.25, 0.3) is 0 Å². The average molecular weight is 144 g/mol. The molecule has 0 aliphatic heterocycles. The first-order valence-electron chi connectivity index (χ1n) is 4.20. The van der Waals surface area contributed by atoms with Crippen LogP contribution in [0.2, 0.25) is 0 Å². The van der Waals surface area contributed by atoms with Gasteiger partial charge in [0.2, 0.25) is 0 Å². The van der Waals surface area contributed by atoms with Gasteiger partial charge in [-0.2, -0.15) is 0 Å². The van der Waals surface area contributed by atoms with E-state index in [4.69, 9.17) is 0 Å². The van der Waals surface area contributed by atoms with Gasteiger partial charge in [-0.05, 0) is 6.92 Å². The maximum Gasteiger partial charge on any atom is -0.00297 e. The van der Waals surface area contributed by atoms with Crippen molar-refractivity contribution < 1.29 is 0 Å². The van der Waals surface area contributed by atoms with Gasteiger partial charge in [0.15, 0.2) is 0 Å². The lowest BCUT2D eigenvalue weighted by Crippen LogP contribution is -1.27. The van der Waals surface area contributed by atoms with E-state index < -0.39 is 0 Å². The first-order chi connectivity index (χ1) is 4.83. The zero-order chi connectivity index (χ0) is 9.41. The van der Waals surface area contributed by atoms with Crippen LogP contribution in [0.1, 0.15) is 54.9 Å². The van der Waals surface area contributed by atoms with Crippen molar-refractivity contribution in [2.45, 2.75) is 54.9 Å². The van der Waals surface area contributed by atoms with Crippen molar-refractivity contribution in [3.8, 4) is 12.3 Å². The van der Waals surface area contributed by atoms with Gasteiger partial charge >= 0.3 is 0 Å². The van der Waals surface area contributed by atoms with Crippen molar-refractivity contribution >= 4 is 0 Å². The Hall–Kier alpha value is -0.440. The maximum atomic E-state index is 4.60. The summed E-state index contributed by atoms with van der Waals surface area (Å²) in [5, 5.41) is 0. The van der Waals surface area contributed by atoms with Crippen LogP contribution < -0.4 is 0 Å². The third-order valence-electron chi connectivity index (χ3n) is 0. The molecule has 0 aromatic rings. The molecule has 10 heavy (non-hydrogen) atoms. The Kier molecular flexibility index (Phi) is 456. The fraction of sp³-hybridized carbons (Fsp3) is 0.800. The van der Waals surface area contributed by atoms with E-state index in [9.17, 15) is 0 Å². The summed E-state index contributed by atoms with van der Waals surface area (Å²) in [5.74, 6) is 2.25. The minimum atomic E-state index is 1.25. The van der Waals surface area contributed by atoms with Crippen molar-refractivity contribution in [1.82, 2.24) is 0 Å². The molecule has 0 amide bonds. The quantitative estimate of drug-likeness (QED) is 0.449. The molecule has 0 aliphatic carbocycles. The van der Waals surface area contributed by atoms with E-state index in [0.29, 0.717) is 0 Å². The standard InChI is InChI=1S/C3H8.C3H4.2C2H6/c2*1-3-2;2*1-2/h3H2,1-2H3;1H,2H3;2*1-2H3. The second-order valence-electron chi connectivity index (χ2n) is 0.996. The molecule has 64 valence electrons. The molecule has 0 heteroatoms. The van der Waals surface area contributed by atoms with Crippen molar-refractivity contribution in [2.75, 3.05) is 0 Å². The van der Waals surface area contributed by atoms with E-state index in [1.54, 1.807) is 6.92 Å². The Morgan fingerprint density at radius 2 is 1.00 bits per heavy atom. The number of hydrogen-bond acceptors (Lipinski definition) is 0. The van der Waals surface area contributed by atoms with Crippen molar-refractivity contribution in [2.24, 2.45) is 0 Å². The first-order valence-corrected chi connectivity index (χ1v) is 4.20. The molecule has 0 aromatic carbocycles. The van der Waals surface area contributed by atoms with Crippen LogP contribution >= 0.6 is 0 Å². The van der Waals surface area contributed by atoms with E-state index >= 15 is 0 Å². The molecule has 0 aromatic heterocycles. The van der Waals surface area contributed by atoms with Crippen LogP contribution in [-0.2, 0) is 0 Å². The molecule has 0 bridgehead atoms. The van der Waals surface area contributed by atoms with Crippen molar-refractivity contribution in [3.63, 3.8) is 0 Å². The summed E-state index contributed by atoms with van der Waals surface area (Å²) in [6.07, 6.45) is 5.85. The van der Waals surface area contributed by atoms with E-state index in [2.05, 4.69) is 26.2 Å². The van der Waals surface area contributed by atoms with Gasteiger partial charge in [-0.1, -0.05) is 48.0 Å². The maximum absolute atomic E-state index is 4.60. The zero-order valence-electron chi connectivity index (χ0n) is 8.78. The largest absolute Gasteiger partial charge is 0.120 e. The second kappa shape index (κ2) is 201. The number of hydrogen-bond donors (Lipinski definition) is 0. The highest BCUT2D eigenvalue weighted by Crippen LogP contribution is 1.56. The Bertz CT molecular complexity index is 29.8. The highest BCUT2D eigenvalue weighted by Gasteiger charge is 1.35. The summed E-state index contributed by atoms with van der Waals surface area (Å²) in [6, 6.07) is 0. The van der Waals surface area contributed by atoms with Gasteiger partial charge in [-0.25, -0.2) is 0 Å². The van der Waals surface area contributed by atoms with Gasteiger partial charge < -0.3 is 0 Å². The summed E-state index contributed by atoms with van der Waals surface area (Å²) >= 11 is 0. The highest BCUT2D eigenvalue weighted by molar-refractivity contribution is 4.73. The summed E-state index contributed by atoms with van der Waals surface area (Å²) in [7, 11) is 0. The monoisotopic (exact) mass is 144 g/mol. The molecule has 0 saturated carbocycles. The Labute approximate surface area is 68.0 Å². The normalized spacial score (nSPS) is 3.80. The van der Waals surface area contributed by atoms with Crippen LogP contribution in [-0.4, -0.2) is 0 Å². The molecular weight excluding hydrogens is 120 g/mol. The van der Waals surface area contributed by atoms with E-state index in [-0.39, 0.29) is 0 Å². The third-order valence-corrected chi connectivity index (χ3v) is 0. The van der Waals surface area contributed by atoms with E-state index in [0.717, 1.165) is 0 Å². The lowest BCUT2D eigenvalue weighted by atomic mass is 10.6. The lowest BCUT2D eigenvalue weighted by Gasteiger charge is -1.48. The van der Waals surface area contributed by atoms with Crippen molar-refractivity contribution in [1.29, 1.82) is 0 Å². The average Bonchev–Trinajstić information content (AvgIpc) is 1.99. The summed E-state index contributed by atoms with van der Waals surface area (Å²) in [5.41, 5.74) is 0. The molecule has 0 fully saturated rings. The van der Waals surface area contributed by atoms with Gasteiger partial charge in [0.1, 0.15) is 0 Å². The highest BCUT2D eigenvalue weighted by atomic mass is 13.4. The van der Waals surface area contributed by atoms with Crippen LogP contribution in [0, 0.1) is 12.3 Å². The van der Waals surface area contributed by atoms with Crippen LogP contribution in [0.15, 0.2) is 0 Å². The molecule has 0 nitrogen and oxygen atoms in total. The topological polar surface area (TPSA) is 0 Å². The predicted molar refractivity (Wildman–Crippen MR) is 53.2 cm³/mol. The Morgan fingerprint density at radius 3 is 1.00 bits per heavy atom. The Morgan fingerprint density at radius 1 is 1.00 bits per heavy atom. The van der Waals surface area contributed by atoms with Gasteiger partial charge in [0.05, 0.1) is 0 Å². The molecule has 0 unspecified atom stereocenters. The molecule has 0 heterocycles. The smallest absolute Gasteiger partial charge is 0.00297 e. The molecule has 0 rings (SSSR count). The minimum Gasteiger partial charge on any atom is -0.120 e.